The van der Waals surface area contributed by atoms with Crippen molar-refractivity contribution in [3.05, 3.63) is 28.3 Å². The summed E-state index contributed by atoms with van der Waals surface area (Å²) >= 11 is 0. The van der Waals surface area contributed by atoms with E-state index in [4.69, 9.17) is 10.5 Å². The van der Waals surface area contributed by atoms with E-state index in [1.54, 1.807) is 6.07 Å². The summed E-state index contributed by atoms with van der Waals surface area (Å²) in [6, 6.07) is 4.28. The topological polar surface area (TPSA) is 81.6 Å². The van der Waals surface area contributed by atoms with Crippen LogP contribution in [0, 0.1) is 10.1 Å². The predicted octanol–water partition coefficient (Wildman–Crippen LogP) is 1.65. The smallest absolute Gasteiger partial charge is 0.271 e. The summed E-state index contributed by atoms with van der Waals surface area (Å²) in [5.41, 5.74) is 6.01. The highest BCUT2D eigenvalue weighted by Crippen LogP contribution is 2.26. The van der Waals surface area contributed by atoms with Gasteiger partial charge in [0.05, 0.1) is 10.6 Å². The van der Waals surface area contributed by atoms with Crippen LogP contribution in [0.5, 0.6) is 5.75 Å². The first-order valence-electron chi connectivity index (χ1n) is 6.06. The molecule has 1 aliphatic rings. The second-order valence-corrected chi connectivity index (χ2v) is 4.38. The molecule has 1 saturated heterocycles. The summed E-state index contributed by atoms with van der Waals surface area (Å²) in [6.45, 7) is 3.68. The van der Waals surface area contributed by atoms with Crippen molar-refractivity contribution < 1.29 is 9.66 Å². The zero-order valence-corrected chi connectivity index (χ0v) is 10.2. The van der Waals surface area contributed by atoms with E-state index in [0.29, 0.717) is 18.0 Å². The second kappa shape index (κ2) is 5.68. The number of nitrogens with zero attached hydrogens (tertiary/aromatic N) is 2. The molecule has 2 rings (SSSR count). The van der Waals surface area contributed by atoms with Crippen molar-refractivity contribution in [1.82, 2.24) is 4.90 Å². The Labute approximate surface area is 105 Å². The second-order valence-electron chi connectivity index (χ2n) is 4.38. The molecule has 1 aromatic carbocycles. The van der Waals surface area contributed by atoms with Crippen LogP contribution in [-0.2, 0) is 0 Å². The first kappa shape index (κ1) is 12.6. The SMILES string of the molecule is Nc1cc([N+](=O)[O-])ccc1OCCN1CCCC1. The number of hydrogen-bond donors (Lipinski definition) is 1. The number of hydrogen-bond acceptors (Lipinski definition) is 5. The maximum Gasteiger partial charge on any atom is 0.271 e. The molecule has 0 radical (unpaired) electrons. The zero-order chi connectivity index (χ0) is 13.0. The van der Waals surface area contributed by atoms with Gasteiger partial charge in [-0.15, -0.1) is 0 Å². The fourth-order valence-electron chi connectivity index (χ4n) is 2.07. The van der Waals surface area contributed by atoms with Crippen molar-refractivity contribution in [2.45, 2.75) is 12.8 Å². The van der Waals surface area contributed by atoms with E-state index in [9.17, 15) is 10.1 Å². The standard InChI is InChI=1S/C12H17N3O3/c13-11-9-10(15(16)17)3-4-12(11)18-8-7-14-5-1-2-6-14/h3-4,9H,1-2,5-8,13H2. The Hall–Kier alpha value is -1.82. The summed E-state index contributed by atoms with van der Waals surface area (Å²) in [5.74, 6) is 0.514. The summed E-state index contributed by atoms with van der Waals surface area (Å²) < 4.78 is 5.54. The van der Waals surface area contributed by atoms with Crippen LogP contribution in [0.4, 0.5) is 11.4 Å². The molecule has 0 unspecified atom stereocenters. The Kier molecular flexibility index (Phi) is 3.99. The number of nitrogens with two attached hydrogens (primary N) is 1. The van der Waals surface area contributed by atoms with Crippen molar-refractivity contribution >= 4 is 11.4 Å². The molecule has 1 aliphatic heterocycles. The molecule has 1 aromatic rings. The van der Waals surface area contributed by atoms with Gasteiger partial charge < -0.3 is 10.5 Å². The van der Waals surface area contributed by atoms with Gasteiger partial charge in [-0.2, -0.15) is 0 Å². The molecular formula is C12H17N3O3. The molecule has 6 heteroatoms. The summed E-state index contributed by atoms with van der Waals surface area (Å²) in [4.78, 5) is 12.4. The zero-order valence-electron chi connectivity index (χ0n) is 10.2. The van der Waals surface area contributed by atoms with Gasteiger partial charge in [-0.3, -0.25) is 15.0 Å². The largest absolute Gasteiger partial charge is 0.490 e. The van der Waals surface area contributed by atoms with Gasteiger partial charge in [-0.25, -0.2) is 0 Å². The molecule has 0 spiro atoms. The van der Waals surface area contributed by atoms with Crippen molar-refractivity contribution in [2.24, 2.45) is 0 Å². The Balaban J connectivity index is 1.87. The van der Waals surface area contributed by atoms with Crippen molar-refractivity contribution in [2.75, 3.05) is 32.0 Å². The number of benzene rings is 1. The normalized spacial score (nSPS) is 15.8. The molecule has 0 atom stereocenters. The fourth-order valence-corrected chi connectivity index (χ4v) is 2.07. The number of non-ortho nitro benzene ring substituents is 1. The molecule has 0 aliphatic carbocycles. The molecule has 2 N–H and O–H groups in total. The van der Waals surface area contributed by atoms with Crippen LogP contribution >= 0.6 is 0 Å². The van der Waals surface area contributed by atoms with E-state index in [-0.39, 0.29) is 5.69 Å². The highest BCUT2D eigenvalue weighted by atomic mass is 16.6. The Morgan fingerprint density at radius 3 is 2.72 bits per heavy atom. The molecule has 6 nitrogen and oxygen atoms in total. The van der Waals surface area contributed by atoms with E-state index >= 15 is 0 Å². The molecule has 18 heavy (non-hydrogen) atoms. The third-order valence-corrected chi connectivity index (χ3v) is 3.07. The lowest BCUT2D eigenvalue weighted by Crippen LogP contribution is -2.25. The first-order chi connectivity index (χ1) is 8.66. The Morgan fingerprint density at radius 2 is 2.11 bits per heavy atom. The highest BCUT2D eigenvalue weighted by molar-refractivity contribution is 5.58. The molecule has 0 bridgehead atoms. The van der Waals surface area contributed by atoms with Gasteiger partial charge in [-0.05, 0) is 32.0 Å². The van der Waals surface area contributed by atoms with Crippen LogP contribution < -0.4 is 10.5 Å². The van der Waals surface area contributed by atoms with E-state index in [0.717, 1.165) is 19.6 Å². The van der Waals surface area contributed by atoms with Crippen molar-refractivity contribution in [3.63, 3.8) is 0 Å². The third-order valence-electron chi connectivity index (χ3n) is 3.07. The molecule has 98 valence electrons. The highest BCUT2D eigenvalue weighted by Gasteiger charge is 2.12. The lowest BCUT2D eigenvalue weighted by molar-refractivity contribution is -0.384. The van der Waals surface area contributed by atoms with Crippen LogP contribution in [0.25, 0.3) is 0 Å². The van der Waals surface area contributed by atoms with Gasteiger partial charge in [0, 0.05) is 18.7 Å². The van der Waals surface area contributed by atoms with Crippen LogP contribution in [0.2, 0.25) is 0 Å². The van der Waals surface area contributed by atoms with Crippen LogP contribution in [0.3, 0.4) is 0 Å². The van der Waals surface area contributed by atoms with Crippen LogP contribution in [0.1, 0.15) is 12.8 Å². The Morgan fingerprint density at radius 1 is 1.39 bits per heavy atom. The molecular weight excluding hydrogens is 234 g/mol. The molecule has 1 fully saturated rings. The fraction of sp³-hybridized carbons (Fsp3) is 0.500. The average Bonchev–Trinajstić information content (AvgIpc) is 2.84. The predicted molar refractivity (Wildman–Crippen MR) is 68.7 cm³/mol. The molecule has 1 heterocycles. The van der Waals surface area contributed by atoms with Crippen molar-refractivity contribution in [3.8, 4) is 5.75 Å². The van der Waals surface area contributed by atoms with E-state index in [1.807, 2.05) is 0 Å². The van der Waals surface area contributed by atoms with Crippen LogP contribution in [-0.4, -0.2) is 36.1 Å². The van der Waals surface area contributed by atoms with E-state index < -0.39 is 4.92 Å². The number of nitro groups is 1. The van der Waals surface area contributed by atoms with E-state index in [1.165, 1.54) is 25.0 Å². The van der Waals surface area contributed by atoms with Gasteiger partial charge in [0.25, 0.3) is 5.69 Å². The lowest BCUT2D eigenvalue weighted by atomic mass is 10.2. The summed E-state index contributed by atoms with van der Waals surface area (Å²) in [6.07, 6.45) is 2.50. The number of nitrogen functional groups attached to an aromatic ring is 1. The summed E-state index contributed by atoms with van der Waals surface area (Å²) in [7, 11) is 0. The number of nitro benzene ring substituents is 1. The molecule has 0 aromatic heterocycles. The van der Waals surface area contributed by atoms with Crippen LogP contribution in [0.15, 0.2) is 18.2 Å². The molecule has 0 amide bonds. The number of likely N-dealkylation sites (tertiary alicyclic amines) is 1. The van der Waals surface area contributed by atoms with Gasteiger partial charge in [0.15, 0.2) is 0 Å². The maximum absolute atomic E-state index is 10.6. The van der Waals surface area contributed by atoms with E-state index in [2.05, 4.69) is 4.90 Å². The third kappa shape index (κ3) is 3.10. The number of anilines is 1. The van der Waals surface area contributed by atoms with Gasteiger partial charge in [-0.1, -0.05) is 0 Å². The molecule has 0 saturated carbocycles. The van der Waals surface area contributed by atoms with Crippen molar-refractivity contribution in [1.29, 1.82) is 0 Å². The quantitative estimate of drug-likeness (QED) is 0.489. The lowest BCUT2D eigenvalue weighted by Gasteiger charge is -2.15. The Bertz CT molecular complexity index is 431. The minimum absolute atomic E-state index is 0.0145. The van der Waals surface area contributed by atoms with Gasteiger partial charge in [0.2, 0.25) is 0 Å². The van der Waals surface area contributed by atoms with Gasteiger partial charge in [0.1, 0.15) is 12.4 Å². The average molecular weight is 251 g/mol. The minimum atomic E-state index is -0.468. The number of ether oxygens (including phenoxy) is 1. The maximum atomic E-state index is 10.6. The first-order valence-corrected chi connectivity index (χ1v) is 6.06. The van der Waals surface area contributed by atoms with Gasteiger partial charge >= 0.3 is 0 Å². The number of rotatable bonds is 5. The summed E-state index contributed by atoms with van der Waals surface area (Å²) in [5, 5.41) is 10.6. The minimum Gasteiger partial charge on any atom is -0.490 e. The monoisotopic (exact) mass is 251 g/mol.